The highest BCUT2D eigenvalue weighted by Gasteiger charge is 2.13. The fourth-order valence-corrected chi connectivity index (χ4v) is 2.52. The zero-order chi connectivity index (χ0) is 19.2. The van der Waals surface area contributed by atoms with Crippen LogP contribution in [0, 0.1) is 0 Å². The lowest BCUT2D eigenvalue weighted by atomic mass is 10.2. The smallest absolute Gasteiger partial charge is 0.276 e. The van der Waals surface area contributed by atoms with Gasteiger partial charge < -0.3 is 15.0 Å². The monoisotopic (exact) mass is 362 g/mol. The summed E-state index contributed by atoms with van der Waals surface area (Å²) in [5.41, 5.74) is 1.83. The van der Waals surface area contributed by atoms with E-state index in [1.807, 2.05) is 74.3 Å². The number of hydrogen-bond acceptors (Lipinski definition) is 5. The lowest BCUT2D eigenvalue weighted by molar-refractivity contribution is 0.102. The first-order valence-electron chi connectivity index (χ1n) is 8.74. The highest BCUT2D eigenvalue weighted by molar-refractivity contribution is 6.03. The van der Waals surface area contributed by atoms with E-state index < -0.39 is 0 Å². The molecule has 0 saturated heterocycles. The van der Waals surface area contributed by atoms with Crippen molar-refractivity contribution in [3.05, 3.63) is 72.4 Å². The second-order valence-corrected chi connectivity index (χ2v) is 6.29. The molecule has 0 aliphatic rings. The normalized spacial score (nSPS) is 10.5. The Labute approximate surface area is 158 Å². The van der Waals surface area contributed by atoms with Gasteiger partial charge in [-0.05, 0) is 50.2 Å². The molecule has 3 rings (SSSR count). The number of anilines is 3. The van der Waals surface area contributed by atoms with Crippen molar-refractivity contribution in [3.63, 3.8) is 0 Å². The van der Waals surface area contributed by atoms with E-state index in [0.717, 1.165) is 5.69 Å². The van der Waals surface area contributed by atoms with Gasteiger partial charge in [-0.15, -0.1) is 10.2 Å². The summed E-state index contributed by atoms with van der Waals surface area (Å²) in [4.78, 5) is 14.4. The molecule has 0 spiro atoms. The summed E-state index contributed by atoms with van der Waals surface area (Å²) in [5, 5.41) is 11.1. The van der Waals surface area contributed by atoms with E-state index in [1.54, 1.807) is 18.2 Å². The van der Waals surface area contributed by atoms with Gasteiger partial charge in [-0.1, -0.05) is 30.3 Å². The van der Waals surface area contributed by atoms with Gasteiger partial charge in [0.15, 0.2) is 11.5 Å². The number of benzene rings is 2. The van der Waals surface area contributed by atoms with Crippen LogP contribution in [-0.4, -0.2) is 29.3 Å². The van der Waals surface area contributed by atoms with Crippen LogP contribution < -0.4 is 15.0 Å². The number of hydrogen-bond donors (Lipinski definition) is 1. The minimum absolute atomic E-state index is 0.00986. The molecule has 138 valence electrons. The van der Waals surface area contributed by atoms with Crippen molar-refractivity contribution < 1.29 is 9.53 Å². The van der Waals surface area contributed by atoms with Crippen molar-refractivity contribution in [1.29, 1.82) is 0 Å². The molecule has 6 heteroatoms. The molecule has 0 atom stereocenters. The SMILES string of the molecule is CC(C)Oc1ccccc1NC(=O)c1ccc(N(C)c2ccccc2)nn1. The predicted octanol–water partition coefficient (Wildman–Crippen LogP) is 4.28. The Morgan fingerprint density at radius 3 is 2.33 bits per heavy atom. The van der Waals surface area contributed by atoms with Crippen LogP contribution in [0.4, 0.5) is 17.2 Å². The molecule has 0 saturated carbocycles. The number of carbonyl (C=O) groups is 1. The molecule has 0 bridgehead atoms. The molecule has 2 aromatic carbocycles. The number of rotatable bonds is 6. The summed E-state index contributed by atoms with van der Waals surface area (Å²) in [6.07, 6.45) is 0.00986. The second-order valence-electron chi connectivity index (χ2n) is 6.29. The van der Waals surface area contributed by atoms with Gasteiger partial charge in [0.1, 0.15) is 5.75 Å². The van der Waals surface area contributed by atoms with Crippen molar-refractivity contribution in [2.24, 2.45) is 0 Å². The Morgan fingerprint density at radius 2 is 1.67 bits per heavy atom. The van der Waals surface area contributed by atoms with Crippen molar-refractivity contribution in [2.45, 2.75) is 20.0 Å². The summed E-state index contributed by atoms with van der Waals surface area (Å²) < 4.78 is 5.72. The molecule has 0 aliphatic heterocycles. The van der Waals surface area contributed by atoms with E-state index in [9.17, 15) is 4.79 Å². The van der Waals surface area contributed by atoms with Gasteiger partial charge in [-0.2, -0.15) is 0 Å². The third-order valence-corrected chi connectivity index (χ3v) is 3.87. The van der Waals surface area contributed by atoms with E-state index in [1.165, 1.54) is 0 Å². The maximum absolute atomic E-state index is 12.5. The van der Waals surface area contributed by atoms with Gasteiger partial charge in [-0.25, -0.2) is 0 Å². The fraction of sp³-hybridized carbons (Fsp3) is 0.190. The van der Waals surface area contributed by atoms with Crippen LogP contribution >= 0.6 is 0 Å². The third-order valence-electron chi connectivity index (χ3n) is 3.87. The summed E-state index contributed by atoms with van der Waals surface area (Å²) in [6.45, 7) is 3.87. The fourth-order valence-electron chi connectivity index (χ4n) is 2.52. The average Bonchev–Trinajstić information content (AvgIpc) is 2.69. The van der Waals surface area contributed by atoms with E-state index >= 15 is 0 Å². The molecule has 1 heterocycles. The lowest BCUT2D eigenvalue weighted by Gasteiger charge is -2.17. The molecular formula is C21H22N4O2. The minimum Gasteiger partial charge on any atom is -0.489 e. The molecule has 3 aromatic rings. The van der Waals surface area contributed by atoms with Crippen LogP contribution in [0.15, 0.2) is 66.7 Å². The topological polar surface area (TPSA) is 67.3 Å². The molecule has 0 radical (unpaired) electrons. The van der Waals surface area contributed by atoms with E-state index in [0.29, 0.717) is 17.3 Å². The highest BCUT2D eigenvalue weighted by atomic mass is 16.5. The Hall–Kier alpha value is -3.41. The van der Waals surface area contributed by atoms with Gasteiger partial charge in [0.05, 0.1) is 11.8 Å². The Kier molecular flexibility index (Phi) is 5.66. The quantitative estimate of drug-likeness (QED) is 0.709. The van der Waals surface area contributed by atoms with Crippen LogP contribution in [0.1, 0.15) is 24.3 Å². The zero-order valence-electron chi connectivity index (χ0n) is 15.6. The predicted molar refractivity (Wildman–Crippen MR) is 107 cm³/mol. The van der Waals surface area contributed by atoms with Gasteiger partial charge in [0, 0.05) is 12.7 Å². The van der Waals surface area contributed by atoms with E-state index in [-0.39, 0.29) is 17.7 Å². The van der Waals surface area contributed by atoms with Crippen LogP contribution in [0.5, 0.6) is 5.75 Å². The van der Waals surface area contributed by atoms with E-state index in [2.05, 4.69) is 15.5 Å². The number of nitrogens with one attached hydrogen (secondary N) is 1. The number of nitrogens with zero attached hydrogens (tertiary/aromatic N) is 3. The molecule has 6 nitrogen and oxygen atoms in total. The number of para-hydroxylation sites is 3. The molecule has 1 aromatic heterocycles. The lowest BCUT2D eigenvalue weighted by Crippen LogP contribution is -2.17. The number of amides is 1. The molecule has 0 aliphatic carbocycles. The molecule has 27 heavy (non-hydrogen) atoms. The Balaban J connectivity index is 1.73. The van der Waals surface area contributed by atoms with Gasteiger partial charge >= 0.3 is 0 Å². The van der Waals surface area contributed by atoms with Crippen LogP contribution in [0.25, 0.3) is 0 Å². The van der Waals surface area contributed by atoms with Crippen molar-refractivity contribution in [1.82, 2.24) is 10.2 Å². The molecule has 0 unspecified atom stereocenters. The minimum atomic E-state index is -0.337. The van der Waals surface area contributed by atoms with Gasteiger partial charge in [0.25, 0.3) is 5.91 Å². The molecular weight excluding hydrogens is 340 g/mol. The van der Waals surface area contributed by atoms with Crippen molar-refractivity contribution in [2.75, 3.05) is 17.3 Å². The maximum Gasteiger partial charge on any atom is 0.276 e. The molecule has 1 amide bonds. The standard InChI is InChI=1S/C21H22N4O2/c1-15(2)27-19-12-8-7-11-17(19)22-21(26)18-13-14-20(24-23-18)25(3)16-9-5-4-6-10-16/h4-15H,1-3H3,(H,22,26). The summed E-state index contributed by atoms with van der Waals surface area (Å²) >= 11 is 0. The Bertz CT molecular complexity index is 896. The largest absolute Gasteiger partial charge is 0.489 e. The zero-order valence-corrected chi connectivity index (χ0v) is 15.6. The van der Waals surface area contributed by atoms with Crippen LogP contribution in [-0.2, 0) is 0 Å². The second kappa shape index (κ2) is 8.31. The van der Waals surface area contributed by atoms with Crippen molar-refractivity contribution in [3.8, 4) is 5.75 Å². The summed E-state index contributed by atoms with van der Waals surface area (Å²) in [7, 11) is 1.90. The summed E-state index contributed by atoms with van der Waals surface area (Å²) in [5.74, 6) is 0.937. The average molecular weight is 362 g/mol. The first-order valence-corrected chi connectivity index (χ1v) is 8.74. The Morgan fingerprint density at radius 1 is 0.963 bits per heavy atom. The van der Waals surface area contributed by atoms with Crippen LogP contribution in [0.2, 0.25) is 0 Å². The number of carbonyl (C=O) groups excluding carboxylic acids is 1. The van der Waals surface area contributed by atoms with Crippen molar-refractivity contribution >= 4 is 23.1 Å². The highest BCUT2D eigenvalue weighted by Crippen LogP contribution is 2.25. The van der Waals surface area contributed by atoms with E-state index in [4.69, 9.17) is 4.74 Å². The van der Waals surface area contributed by atoms with Gasteiger partial charge in [0.2, 0.25) is 0 Å². The first-order chi connectivity index (χ1) is 13.0. The summed E-state index contributed by atoms with van der Waals surface area (Å²) in [6, 6.07) is 20.6. The van der Waals surface area contributed by atoms with Gasteiger partial charge in [-0.3, -0.25) is 4.79 Å². The van der Waals surface area contributed by atoms with Crippen LogP contribution in [0.3, 0.4) is 0 Å². The first kappa shape index (κ1) is 18.4. The maximum atomic E-state index is 12.5. The number of aromatic nitrogens is 2. The third kappa shape index (κ3) is 4.61. The molecule has 1 N–H and O–H groups in total. The molecule has 0 fully saturated rings. The number of ether oxygens (including phenoxy) is 1.